The Hall–Kier alpha value is -3.53. The van der Waals surface area contributed by atoms with Gasteiger partial charge in [0.1, 0.15) is 17.2 Å². The summed E-state index contributed by atoms with van der Waals surface area (Å²) in [6.45, 7) is 4.51. The summed E-state index contributed by atoms with van der Waals surface area (Å²) in [5.41, 5.74) is 2.31. The van der Waals surface area contributed by atoms with Crippen molar-refractivity contribution in [3.63, 3.8) is 0 Å². The normalized spacial score (nSPS) is 20.7. The number of methoxy groups -OCH3 is 1. The van der Waals surface area contributed by atoms with Crippen molar-refractivity contribution in [1.29, 1.82) is 0 Å². The van der Waals surface area contributed by atoms with Gasteiger partial charge in [0.25, 0.3) is 0 Å². The van der Waals surface area contributed by atoms with Gasteiger partial charge in [0, 0.05) is 18.1 Å². The molecule has 1 atom stereocenters. The van der Waals surface area contributed by atoms with Crippen molar-refractivity contribution in [3.05, 3.63) is 72.3 Å². The Labute approximate surface area is 181 Å². The molecule has 0 aromatic heterocycles. The minimum Gasteiger partial charge on any atom is -0.497 e. The molecule has 0 saturated heterocycles. The number of aliphatic imine (C=N–C) groups is 1. The van der Waals surface area contributed by atoms with E-state index in [-0.39, 0.29) is 5.41 Å². The molecule has 0 saturated carbocycles. The Kier molecular flexibility index (Phi) is 3.54. The molecule has 0 radical (unpaired) electrons. The predicted octanol–water partition coefficient (Wildman–Crippen LogP) is 6.22. The number of hydrogen-bond donors (Lipinski definition) is 0. The topological polar surface area (TPSA) is 34.1 Å². The average Bonchev–Trinajstić information content (AvgIpc) is 2.96. The maximum absolute atomic E-state index is 6.86. The van der Waals surface area contributed by atoms with E-state index < -0.39 is 5.72 Å². The minimum atomic E-state index is -0.709. The fourth-order valence-electron chi connectivity index (χ4n) is 5.37. The van der Waals surface area contributed by atoms with Crippen molar-refractivity contribution < 1.29 is 9.47 Å². The molecule has 0 unspecified atom stereocenters. The number of nitrogens with zero attached hydrogens (tertiary/aromatic N) is 2. The standard InChI is InChI=1S/C27H24N2O2/c1-26(2)24-20-8-6-5-7-17(20)10-13-22(24)29(3)27(26)16-28-25-21-15-19(30-4)12-9-18(21)11-14-23(25)31-27/h5-16H,1-4H3/t27-/m0/s1. The number of hydrogen-bond acceptors (Lipinski definition) is 4. The van der Waals surface area contributed by atoms with Crippen LogP contribution in [0.1, 0.15) is 19.4 Å². The zero-order valence-electron chi connectivity index (χ0n) is 18.1. The van der Waals surface area contributed by atoms with Crippen molar-refractivity contribution in [2.45, 2.75) is 25.0 Å². The van der Waals surface area contributed by atoms with Crippen LogP contribution in [0.15, 0.2) is 71.7 Å². The summed E-state index contributed by atoms with van der Waals surface area (Å²) in [6, 6.07) is 23.1. The predicted molar refractivity (Wildman–Crippen MR) is 127 cm³/mol. The van der Waals surface area contributed by atoms with Crippen LogP contribution in [0.25, 0.3) is 21.5 Å². The third-order valence-corrected chi connectivity index (χ3v) is 7.08. The van der Waals surface area contributed by atoms with Crippen LogP contribution in [0, 0.1) is 0 Å². The number of fused-ring (bicyclic) bond motifs is 6. The Morgan fingerprint density at radius 1 is 0.903 bits per heavy atom. The molecule has 0 amide bonds. The monoisotopic (exact) mass is 408 g/mol. The van der Waals surface area contributed by atoms with Gasteiger partial charge < -0.3 is 14.4 Å². The molecule has 31 heavy (non-hydrogen) atoms. The first-order chi connectivity index (χ1) is 15.0. The number of anilines is 1. The van der Waals surface area contributed by atoms with Crippen LogP contribution in [-0.4, -0.2) is 26.1 Å². The molecule has 0 aliphatic carbocycles. The SMILES string of the molecule is COc1ccc2ccc3c(c2c1)N=C[C@@]1(O3)N(C)c2ccc3ccccc3c2C1(C)C. The Balaban J connectivity index is 1.56. The first kappa shape index (κ1) is 18.3. The van der Waals surface area contributed by atoms with E-state index in [0.717, 1.165) is 28.0 Å². The van der Waals surface area contributed by atoms with Gasteiger partial charge in [-0.25, -0.2) is 0 Å². The molecule has 4 aromatic rings. The Morgan fingerprint density at radius 2 is 1.65 bits per heavy atom. The van der Waals surface area contributed by atoms with E-state index >= 15 is 0 Å². The molecule has 0 bridgehead atoms. The van der Waals surface area contributed by atoms with Crippen molar-refractivity contribution >= 4 is 39.1 Å². The van der Waals surface area contributed by atoms with E-state index in [4.69, 9.17) is 14.5 Å². The minimum absolute atomic E-state index is 0.317. The molecule has 4 heteroatoms. The van der Waals surface area contributed by atoms with Gasteiger partial charge in [-0.05, 0) is 59.8 Å². The third kappa shape index (κ3) is 2.22. The lowest BCUT2D eigenvalue weighted by Gasteiger charge is -2.45. The number of likely N-dealkylation sites (N-methyl/N-ethyl adjacent to an activating group) is 1. The van der Waals surface area contributed by atoms with Crippen LogP contribution in [0.4, 0.5) is 11.4 Å². The van der Waals surface area contributed by atoms with E-state index in [9.17, 15) is 0 Å². The molecule has 0 N–H and O–H groups in total. The van der Waals surface area contributed by atoms with Gasteiger partial charge in [0.2, 0.25) is 5.72 Å². The van der Waals surface area contributed by atoms with Crippen LogP contribution in [0.2, 0.25) is 0 Å². The Morgan fingerprint density at radius 3 is 2.48 bits per heavy atom. The quantitative estimate of drug-likeness (QED) is 0.375. The molecule has 2 heterocycles. The number of benzene rings is 4. The summed E-state index contributed by atoms with van der Waals surface area (Å²) >= 11 is 0. The second-order valence-electron chi connectivity index (χ2n) is 8.92. The molecule has 6 rings (SSSR count). The lowest BCUT2D eigenvalue weighted by molar-refractivity contribution is 0.0831. The van der Waals surface area contributed by atoms with Crippen LogP contribution in [0.3, 0.4) is 0 Å². The summed E-state index contributed by atoms with van der Waals surface area (Å²) < 4.78 is 12.3. The highest BCUT2D eigenvalue weighted by Crippen LogP contribution is 2.56. The highest BCUT2D eigenvalue weighted by molar-refractivity contribution is 6.02. The van der Waals surface area contributed by atoms with E-state index in [1.54, 1.807) is 7.11 Å². The molecule has 4 nitrogen and oxygen atoms in total. The third-order valence-electron chi connectivity index (χ3n) is 7.08. The van der Waals surface area contributed by atoms with Gasteiger partial charge >= 0.3 is 0 Å². The molecular weight excluding hydrogens is 384 g/mol. The van der Waals surface area contributed by atoms with Crippen molar-refractivity contribution in [2.75, 3.05) is 19.1 Å². The summed E-state index contributed by atoms with van der Waals surface area (Å²) in [6.07, 6.45) is 1.99. The fraction of sp³-hybridized carbons (Fsp3) is 0.222. The zero-order valence-corrected chi connectivity index (χ0v) is 18.1. The fourth-order valence-corrected chi connectivity index (χ4v) is 5.37. The van der Waals surface area contributed by atoms with Crippen LogP contribution in [0.5, 0.6) is 11.5 Å². The van der Waals surface area contributed by atoms with Gasteiger partial charge in [-0.2, -0.15) is 0 Å². The van der Waals surface area contributed by atoms with E-state index in [2.05, 4.69) is 74.3 Å². The second kappa shape index (κ2) is 6.01. The highest BCUT2D eigenvalue weighted by Gasteiger charge is 2.59. The van der Waals surface area contributed by atoms with Gasteiger partial charge in [-0.15, -0.1) is 0 Å². The van der Waals surface area contributed by atoms with Gasteiger partial charge in [0.15, 0.2) is 0 Å². The molecule has 2 aliphatic rings. The summed E-state index contributed by atoms with van der Waals surface area (Å²) in [4.78, 5) is 7.23. The molecule has 4 aromatic carbocycles. The largest absolute Gasteiger partial charge is 0.497 e. The summed E-state index contributed by atoms with van der Waals surface area (Å²) in [5, 5.41) is 4.65. The molecule has 1 spiro atoms. The number of rotatable bonds is 1. The zero-order chi connectivity index (χ0) is 21.4. The smallest absolute Gasteiger partial charge is 0.228 e. The summed E-state index contributed by atoms with van der Waals surface area (Å²) in [5.74, 6) is 1.61. The van der Waals surface area contributed by atoms with Gasteiger partial charge in [0.05, 0.1) is 18.7 Å². The molecule has 154 valence electrons. The summed E-state index contributed by atoms with van der Waals surface area (Å²) in [7, 11) is 3.78. The average molecular weight is 409 g/mol. The van der Waals surface area contributed by atoms with E-state index in [1.807, 2.05) is 24.4 Å². The van der Waals surface area contributed by atoms with E-state index in [1.165, 1.54) is 22.0 Å². The van der Waals surface area contributed by atoms with Crippen molar-refractivity contribution in [2.24, 2.45) is 4.99 Å². The van der Waals surface area contributed by atoms with Crippen LogP contribution >= 0.6 is 0 Å². The highest BCUT2D eigenvalue weighted by atomic mass is 16.5. The first-order valence-corrected chi connectivity index (χ1v) is 10.6. The first-order valence-electron chi connectivity index (χ1n) is 10.6. The van der Waals surface area contributed by atoms with E-state index in [0.29, 0.717) is 0 Å². The number of ether oxygens (including phenoxy) is 2. The van der Waals surface area contributed by atoms with Crippen molar-refractivity contribution in [1.82, 2.24) is 0 Å². The van der Waals surface area contributed by atoms with Gasteiger partial charge in [-0.1, -0.05) is 42.5 Å². The van der Waals surface area contributed by atoms with Crippen LogP contribution in [-0.2, 0) is 5.41 Å². The Bertz CT molecular complexity index is 1410. The molecule has 2 aliphatic heterocycles. The van der Waals surface area contributed by atoms with Crippen molar-refractivity contribution in [3.8, 4) is 11.5 Å². The lowest BCUT2D eigenvalue weighted by Crippen LogP contribution is -2.61. The maximum atomic E-state index is 6.86. The maximum Gasteiger partial charge on any atom is 0.228 e. The molecular formula is C27H24N2O2. The van der Waals surface area contributed by atoms with Crippen LogP contribution < -0.4 is 14.4 Å². The van der Waals surface area contributed by atoms with Gasteiger partial charge in [-0.3, -0.25) is 4.99 Å². The molecule has 0 fully saturated rings. The second-order valence-corrected chi connectivity index (χ2v) is 8.92. The lowest BCUT2D eigenvalue weighted by atomic mass is 9.76.